The van der Waals surface area contributed by atoms with Gasteiger partial charge in [0, 0.05) is 17.2 Å². The monoisotopic (exact) mass is 268 g/mol. The largest absolute Gasteiger partial charge is 0.316 e. The van der Waals surface area contributed by atoms with Crippen molar-refractivity contribution in [1.29, 1.82) is 0 Å². The Balaban J connectivity index is 1.88. The Bertz CT molecular complexity index is 641. The molecule has 0 radical (unpaired) electrons. The van der Waals surface area contributed by atoms with Crippen molar-refractivity contribution in [1.82, 2.24) is 10.3 Å². The quantitative estimate of drug-likeness (QED) is 0.860. The van der Waals surface area contributed by atoms with Gasteiger partial charge in [0.1, 0.15) is 5.01 Å². The van der Waals surface area contributed by atoms with Gasteiger partial charge in [-0.05, 0) is 54.6 Å². The van der Waals surface area contributed by atoms with Crippen LogP contribution in [0.4, 0.5) is 0 Å². The van der Waals surface area contributed by atoms with Crippen LogP contribution in [0, 0.1) is 0 Å². The van der Waals surface area contributed by atoms with Crippen LogP contribution in [0.5, 0.6) is 0 Å². The summed E-state index contributed by atoms with van der Waals surface area (Å²) in [6.07, 6.45) is 7.60. The Morgan fingerprint density at radius 1 is 1.11 bits per heavy atom. The number of fused-ring (bicyclic) bond motifs is 3. The van der Waals surface area contributed by atoms with E-state index in [0.717, 1.165) is 32.4 Å². The van der Waals surface area contributed by atoms with Crippen LogP contribution in [0.3, 0.4) is 0 Å². The molecule has 0 fully saturated rings. The number of aromatic nitrogens is 1. The molecule has 96 valence electrons. The fourth-order valence-electron chi connectivity index (χ4n) is 3.19. The van der Waals surface area contributed by atoms with E-state index in [-0.39, 0.29) is 0 Å². The fraction of sp³-hybridized carbons (Fsp3) is 0.312. The van der Waals surface area contributed by atoms with Gasteiger partial charge >= 0.3 is 0 Å². The molecule has 0 unspecified atom stereocenters. The van der Waals surface area contributed by atoms with Crippen molar-refractivity contribution in [2.45, 2.75) is 19.3 Å². The zero-order chi connectivity index (χ0) is 12.7. The molecule has 1 aliphatic carbocycles. The minimum absolute atomic E-state index is 1.06. The van der Waals surface area contributed by atoms with Crippen LogP contribution in [0.2, 0.25) is 0 Å². The lowest BCUT2D eigenvalue weighted by Gasteiger charge is -2.14. The Hall–Kier alpha value is -1.45. The van der Waals surface area contributed by atoms with Gasteiger partial charge in [-0.25, -0.2) is 4.98 Å². The van der Waals surface area contributed by atoms with Gasteiger partial charge in [-0.1, -0.05) is 18.2 Å². The van der Waals surface area contributed by atoms with E-state index in [9.17, 15) is 0 Å². The van der Waals surface area contributed by atoms with Crippen LogP contribution >= 0.6 is 11.3 Å². The predicted octanol–water partition coefficient (Wildman–Crippen LogP) is 2.82. The summed E-state index contributed by atoms with van der Waals surface area (Å²) in [7, 11) is 0. The van der Waals surface area contributed by atoms with Crippen LogP contribution in [-0.2, 0) is 19.3 Å². The van der Waals surface area contributed by atoms with E-state index in [1.165, 1.54) is 27.3 Å². The van der Waals surface area contributed by atoms with Gasteiger partial charge in [0.2, 0.25) is 0 Å². The molecule has 1 aromatic carbocycles. The minimum Gasteiger partial charge on any atom is -0.316 e. The number of nitrogens with zero attached hydrogens (tertiary/aromatic N) is 1. The van der Waals surface area contributed by atoms with Crippen molar-refractivity contribution in [3.63, 3.8) is 0 Å². The van der Waals surface area contributed by atoms with Gasteiger partial charge < -0.3 is 5.32 Å². The maximum Gasteiger partial charge on any atom is 0.123 e. The summed E-state index contributed by atoms with van der Waals surface area (Å²) in [4.78, 5) is 4.50. The third-order valence-corrected chi connectivity index (χ3v) is 4.88. The molecule has 0 amide bonds. The van der Waals surface area contributed by atoms with Gasteiger partial charge in [0.15, 0.2) is 0 Å². The first-order valence-electron chi connectivity index (χ1n) is 6.88. The molecule has 2 aliphatic rings. The first-order chi connectivity index (χ1) is 9.43. The average Bonchev–Trinajstić information content (AvgIpc) is 3.03. The molecule has 4 rings (SSSR count). The molecule has 1 N–H and O–H groups in total. The molecule has 1 aromatic heterocycles. The van der Waals surface area contributed by atoms with Gasteiger partial charge in [-0.2, -0.15) is 0 Å². The fourth-order valence-corrected chi connectivity index (χ4v) is 3.88. The smallest absolute Gasteiger partial charge is 0.123 e. The topological polar surface area (TPSA) is 24.9 Å². The van der Waals surface area contributed by atoms with Crippen molar-refractivity contribution in [2.24, 2.45) is 0 Å². The number of benzene rings is 1. The summed E-state index contributed by atoms with van der Waals surface area (Å²) in [6, 6.07) is 4.65. The highest BCUT2D eigenvalue weighted by atomic mass is 32.1. The second-order valence-electron chi connectivity index (χ2n) is 5.15. The molecule has 0 atom stereocenters. The molecule has 1 aliphatic heterocycles. The standard InChI is InChI=1S/C16H16N2S/c1-2-12-3-4-14(16-18-9-10-19-16)15(12)13-6-8-17-7-5-11(1)13/h1-2,4,9-10,17H,3,5-8H2. The minimum atomic E-state index is 1.06. The van der Waals surface area contributed by atoms with E-state index in [2.05, 4.69) is 33.9 Å². The van der Waals surface area contributed by atoms with E-state index in [1.807, 2.05) is 6.20 Å². The maximum absolute atomic E-state index is 4.50. The predicted molar refractivity (Wildman–Crippen MR) is 79.6 cm³/mol. The van der Waals surface area contributed by atoms with E-state index < -0.39 is 0 Å². The van der Waals surface area contributed by atoms with Crippen LogP contribution in [0.15, 0.2) is 29.8 Å². The van der Waals surface area contributed by atoms with Crippen LogP contribution in [-0.4, -0.2) is 18.1 Å². The first-order valence-corrected chi connectivity index (χ1v) is 7.76. The van der Waals surface area contributed by atoms with E-state index >= 15 is 0 Å². The number of allylic oxidation sites excluding steroid dienone is 1. The number of rotatable bonds is 1. The molecule has 3 heteroatoms. The van der Waals surface area contributed by atoms with E-state index in [1.54, 1.807) is 16.9 Å². The second kappa shape index (κ2) is 4.58. The highest BCUT2D eigenvalue weighted by Gasteiger charge is 2.23. The first kappa shape index (κ1) is 11.4. The van der Waals surface area contributed by atoms with Crippen LogP contribution in [0.25, 0.3) is 5.57 Å². The third kappa shape index (κ3) is 1.85. The maximum atomic E-state index is 4.50. The van der Waals surface area contributed by atoms with Crippen LogP contribution in [0.1, 0.15) is 27.3 Å². The zero-order valence-corrected chi connectivity index (χ0v) is 11.6. The number of hydrogen-bond acceptors (Lipinski definition) is 3. The summed E-state index contributed by atoms with van der Waals surface area (Å²) in [6.45, 7) is 2.19. The lowest BCUT2D eigenvalue weighted by atomic mass is 9.91. The summed E-state index contributed by atoms with van der Waals surface area (Å²) >= 11 is 1.74. The Labute approximate surface area is 117 Å². The molecule has 2 heterocycles. The Morgan fingerprint density at radius 2 is 2.00 bits per heavy atom. The normalized spacial score (nSPS) is 17.6. The Morgan fingerprint density at radius 3 is 2.89 bits per heavy atom. The summed E-state index contributed by atoms with van der Waals surface area (Å²) < 4.78 is 0. The van der Waals surface area contributed by atoms with E-state index in [4.69, 9.17) is 0 Å². The molecule has 0 saturated heterocycles. The highest BCUT2D eigenvalue weighted by Crippen LogP contribution is 2.38. The highest BCUT2D eigenvalue weighted by molar-refractivity contribution is 7.10. The zero-order valence-electron chi connectivity index (χ0n) is 10.8. The number of hydrogen-bond donors (Lipinski definition) is 1. The molecule has 2 nitrogen and oxygen atoms in total. The molecule has 19 heavy (non-hydrogen) atoms. The lowest BCUT2D eigenvalue weighted by molar-refractivity contribution is 0.711. The van der Waals surface area contributed by atoms with Crippen molar-refractivity contribution in [3.8, 4) is 0 Å². The number of nitrogens with one attached hydrogen (secondary N) is 1. The van der Waals surface area contributed by atoms with Gasteiger partial charge in [-0.3, -0.25) is 0 Å². The van der Waals surface area contributed by atoms with Crippen molar-refractivity contribution in [2.75, 3.05) is 13.1 Å². The van der Waals surface area contributed by atoms with Crippen LogP contribution < -0.4 is 5.32 Å². The molecule has 0 spiro atoms. The Kier molecular flexibility index (Phi) is 2.75. The molecular weight excluding hydrogens is 252 g/mol. The molecule has 2 aromatic rings. The SMILES string of the molecule is C1=C(c2nccs2)c2c(ccc3c2CCNCC3)C1. The summed E-state index contributed by atoms with van der Waals surface area (Å²) in [5.41, 5.74) is 7.40. The van der Waals surface area contributed by atoms with Gasteiger partial charge in [0.05, 0.1) is 0 Å². The molecular formula is C16H16N2S. The molecule has 0 saturated carbocycles. The van der Waals surface area contributed by atoms with Gasteiger partial charge in [0.25, 0.3) is 0 Å². The second-order valence-corrected chi connectivity index (χ2v) is 6.04. The van der Waals surface area contributed by atoms with Crippen molar-refractivity contribution >= 4 is 16.9 Å². The summed E-state index contributed by atoms with van der Waals surface area (Å²) in [5.74, 6) is 0. The lowest BCUT2D eigenvalue weighted by Crippen LogP contribution is -2.16. The number of thiazole rings is 1. The summed E-state index contributed by atoms with van der Waals surface area (Å²) in [5, 5.41) is 6.74. The van der Waals surface area contributed by atoms with Crippen molar-refractivity contribution in [3.05, 3.63) is 57.0 Å². The molecule has 0 bridgehead atoms. The van der Waals surface area contributed by atoms with Crippen molar-refractivity contribution < 1.29 is 0 Å². The average molecular weight is 268 g/mol. The van der Waals surface area contributed by atoms with E-state index in [0.29, 0.717) is 0 Å². The van der Waals surface area contributed by atoms with Gasteiger partial charge in [-0.15, -0.1) is 11.3 Å². The third-order valence-electron chi connectivity index (χ3n) is 4.08.